The quantitative estimate of drug-likeness (QED) is 0.874. The fourth-order valence-corrected chi connectivity index (χ4v) is 3.02. The third-order valence-electron chi connectivity index (χ3n) is 4.36. The lowest BCUT2D eigenvalue weighted by Gasteiger charge is -2.14. The van der Waals surface area contributed by atoms with E-state index in [0.29, 0.717) is 5.92 Å². The van der Waals surface area contributed by atoms with Crippen LogP contribution in [0.1, 0.15) is 60.1 Å². The number of aryl methyl sites for hydroxylation is 2. The van der Waals surface area contributed by atoms with Crippen molar-refractivity contribution in [1.82, 2.24) is 0 Å². The molecule has 0 saturated heterocycles. The van der Waals surface area contributed by atoms with Crippen LogP contribution in [0.4, 0.5) is 0 Å². The Morgan fingerprint density at radius 3 is 2.10 bits per heavy atom. The third-order valence-corrected chi connectivity index (χ3v) is 4.36. The smallest absolute Gasteiger partial charge is 0.104 e. The van der Waals surface area contributed by atoms with Crippen molar-refractivity contribution in [3.8, 4) is 0 Å². The predicted molar refractivity (Wildman–Crippen MR) is 83.1 cm³/mol. The summed E-state index contributed by atoms with van der Waals surface area (Å²) in [5, 5.41) is 10.6. The van der Waals surface area contributed by atoms with E-state index < -0.39 is 6.10 Å². The summed E-state index contributed by atoms with van der Waals surface area (Å²) < 4.78 is 0. The molecular weight excluding hydrogens is 244 g/mol. The normalized spacial score (nSPS) is 15.4. The van der Waals surface area contributed by atoms with Crippen molar-refractivity contribution < 1.29 is 5.11 Å². The summed E-state index contributed by atoms with van der Waals surface area (Å²) in [5.41, 5.74) is 6.18. The van der Waals surface area contributed by atoms with Crippen LogP contribution in [-0.4, -0.2) is 5.11 Å². The van der Waals surface area contributed by atoms with Crippen LogP contribution in [0.15, 0.2) is 42.5 Å². The molecule has 0 fully saturated rings. The monoisotopic (exact) mass is 266 g/mol. The molecule has 0 radical (unpaired) electrons. The molecule has 20 heavy (non-hydrogen) atoms. The number of hydrogen-bond donors (Lipinski definition) is 1. The lowest BCUT2D eigenvalue weighted by molar-refractivity contribution is 0.220. The number of aliphatic hydroxyl groups excluding tert-OH is 1. The molecule has 1 nitrogen and oxygen atoms in total. The SMILES string of the molecule is CC(C)c1ccc(C(O)c2ccc3c(c2)CCC3)cc1. The molecule has 1 atom stereocenters. The molecule has 0 amide bonds. The fourth-order valence-electron chi connectivity index (χ4n) is 3.02. The van der Waals surface area contributed by atoms with Gasteiger partial charge in [0.2, 0.25) is 0 Å². The topological polar surface area (TPSA) is 20.2 Å². The van der Waals surface area contributed by atoms with E-state index in [-0.39, 0.29) is 0 Å². The van der Waals surface area contributed by atoms with Crippen LogP contribution in [0.5, 0.6) is 0 Å². The largest absolute Gasteiger partial charge is 0.384 e. The van der Waals surface area contributed by atoms with Gasteiger partial charge in [0.15, 0.2) is 0 Å². The van der Waals surface area contributed by atoms with Crippen LogP contribution in [0.25, 0.3) is 0 Å². The highest BCUT2D eigenvalue weighted by Gasteiger charge is 2.15. The number of hydrogen-bond acceptors (Lipinski definition) is 1. The minimum absolute atomic E-state index is 0.512. The van der Waals surface area contributed by atoms with Crippen molar-refractivity contribution in [2.75, 3.05) is 0 Å². The van der Waals surface area contributed by atoms with E-state index >= 15 is 0 Å². The molecule has 1 aliphatic carbocycles. The average molecular weight is 266 g/mol. The van der Waals surface area contributed by atoms with Gasteiger partial charge in [-0.3, -0.25) is 0 Å². The molecule has 2 aromatic carbocycles. The molecule has 0 aliphatic heterocycles. The Kier molecular flexibility index (Phi) is 3.62. The standard InChI is InChI=1S/C19H22O/c1-13(2)14-6-9-16(10-7-14)19(20)18-11-8-15-4-3-5-17(15)12-18/h6-13,19-20H,3-5H2,1-2H3. The molecule has 1 unspecified atom stereocenters. The summed E-state index contributed by atoms with van der Waals surface area (Å²) >= 11 is 0. The second-order valence-corrected chi connectivity index (χ2v) is 6.11. The molecule has 0 saturated carbocycles. The van der Waals surface area contributed by atoms with Gasteiger partial charge in [-0.1, -0.05) is 56.3 Å². The highest BCUT2D eigenvalue weighted by atomic mass is 16.3. The van der Waals surface area contributed by atoms with Gasteiger partial charge >= 0.3 is 0 Å². The summed E-state index contributed by atoms with van der Waals surface area (Å²) in [6.07, 6.45) is 3.08. The van der Waals surface area contributed by atoms with Crippen LogP contribution in [0.3, 0.4) is 0 Å². The van der Waals surface area contributed by atoms with Crippen molar-refractivity contribution in [2.45, 2.75) is 45.1 Å². The van der Waals surface area contributed by atoms with Crippen LogP contribution >= 0.6 is 0 Å². The highest BCUT2D eigenvalue weighted by molar-refractivity contribution is 5.39. The Balaban J connectivity index is 1.86. The van der Waals surface area contributed by atoms with Gasteiger partial charge in [-0.25, -0.2) is 0 Å². The van der Waals surface area contributed by atoms with E-state index in [2.05, 4.69) is 44.2 Å². The fraction of sp³-hybridized carbons (Fsp3) is 0.368. The average Bonchev–Trinajstić information content (AvgIpc) is 2.94. The van der Waals surface area contributed by atoms with Crippen molar-refractivity contribution >= 4 is 0 Å². The maximum absolute atomic E-state index is 10.6. The number of aliphatic hydroxyl groups is 1. The number of rotatable bonds is 3. The first-order chi connectivity index (χ1) is 9.65. The van der Waals surface area contributed by atoms with Gasteiger partial charge in [0.25, 0.3) is 0 Å². The first-order valence-corrected chi connectivity index (χ1v) is 7.55. The Morgan fingerprint density at radius 1 is 0.800 bits per heavy atom. The summed E-state index contributed by atoms with van der Waals surface area (Å²) in [6, 6.07) is 14.8. The zero-order valence-electron chi connectivity index (χ0n) is 12.3. The van der Waals surface area contributed by atoms with Crippen LogP contribution in [0.2, 0.25) is 0 Å². The highest BCUT2D eigenvalue weighted by Crippen LogP contribution is 2.29. The maximum Gasteiger partial charge on any atom is 0.104 e. The van der Waals surface area contributed by atoms with Crippen molar-refractivity contribution in [3.63, 3.8) is 0 Å². The molecular formula is C19H22O. The Hall–Kier alpha value is -1.60. The van der Waals surface area contributed by atoms with E-state index in [1.54, 1.807) is 0 Å². The van der Waals surface area contributed by atoms with Gasteiger partial charge < -0.3 is 5.11 Å². The Bertz CT molecular complexity index is 596. The van der Waals surface area contributed by atoms with Gasteiger partial charge in [-0.15, -0.1) is 0 Å². The van der Waals surface area contributed by atoms with Crippen molar-refractivity contribution in [3.05, 3.63) is 70.3 Å². The third kappa shape index (κ3) is 2.51. The van der Waals surface area contributed by atoms with Gasteiger partial charge in [-0.05, 0) is 53.0 Å². The van der Waals surface area contributed by atoms with Crippen LogP contribution < -0.4 is 0 Å². The molecule has 1 N–H and O–H groups in total. The molecule has 0 heterocycles. The van der Waals surface area contributed by atoms with E-state index in [1.165, 1.54) is 29.5 Å². The predicted octanol–water partition coefficient (Wildman–Crippen LogP) is 4.38. The van der Waals surface area contributed by atoms with Crippen molar-refractivity contribution in [2.24, 2.45) is 0 Å². The molecule has 0 spiro atoms. The molecule has 3 rings (SSSR count). The van der Waals surface area contributed by atoms with Crippen LogP contribution in [-0.2, 0) is 12.8 Å². The zero-order chi connectivity index (χ0) is 14.1. The Labute approximate surface area is 121 Å². The summed E-state index contributed by atoms with van der Waals surface area (Å²) in [7, 11) is 0. The van der Waals surface area contributed by atoms with E-state index in [0.717, 1.165) is 17.5 Å². The number of fused-ring (bicyclic) bond motifs is 1. The van der Waals surface area contributed by atoms with Gasteiger partial charge in [0.1, 0.15) is 6.10 Å². The molecule has 2 aromatic rings. The molecule has 0 bridgehead atoms. The first-order valence-electron chi connectivity index (χ1n) is 7.55. The minimum atomic E-state index is -0.512. The van der Waals surface area contributed by atoms with E-state index in [1.807, 2.05) is 12.1 Å². The summed E-state index contributed by atoms with van der Waals surface area (Å²) in [5.74, 6) is 0.529. The maximum atomic E-state index is 10.6. The molecule has 1 aliphatic rings. The molecule has 1 heteroatoms. The van der Waals surface area contributed by atoms with Gasteiger partial charge in [-0.2, -0.15) is 0 Å². The second kappa shape index (κ2) is 5.41. The molecule has 0 aromatic heterocycles. The second-order valence-electron chi connectivity index (χ2n) is 6.11. The summed E-state index contributed by atoms with van der Waals surface area (Å²) in [4.78, 5) is 0. The zero-order valence-corrected chi connectivity index (χ0v) is 12.3. The van der Waals surface area contributed by atoms with E-state index in [9.17, 15) is 5.11 Å². The lowest BCUT2D eigenvalue weighted by Crippen LogP contribution is -2.01. The minimum Gasteiger partial charge on any atom is -0.384 e. The van der Waals surface area contributed by atoms with Crippen molar-refractivity contribution in [1.29, 1.82) is 0 Å². The number of benzene rings is 2. The summed E-state index contributed by atoms with van der Waals surface area (Å²) in [6.45, 7) is 4.37. The van der Waals surface area contributed by atoms with E-state index in [4.69, 9.17) is 0 Å². The first kappa shape index (κ1) is 13.4. The van der Waals surface area contributed by atoms with Crippen LogP contribution in [0, 0.1) is 0 Å². The Morgan fingerprint density at radius 2 is 1.40 bits per heavy atom. The lowest BCUT2D eigenvalue weighted by atomic mass is 9.95. The molecule has 104 valence electrons. The van der Waals surface area contributed by atoms with Gasteiger partial charge in [0.05, 0.1) is 0 Å². The van der Waals surface area contributed by atoms with Gasteiger partial charge in [0, 0.05) is 0 Å².